The Kier molecular flexibility index (Phi) is 5.37. The second-order valence-corrected chi connectivity index (χ2v) is 7.55. The molecule has 3 aromatic rings. The molecular weight excluding hydrogens is 448 g/mol. The van der Waals surface area contributed by atoms with Crippen LogP contribution in [0.25, 0.3) is 5.76 Å². The van der Waals surface area contributed by atoms with E-state index in [-0.39, 0.29) is 11.3 Å². The van der Waals surface area contributed by atoms with Gasteiger partial charge in [-0.15, -0.1) is 0 Å². The highest BCUT2D eigenvalue weighted by atomic mass is 79.9. The molecule has 1 aromatic heterocycles. The Morgan fingerprint density at radius 2 is 1.80 bits per heavy atom. The fourth-order valence-electron chi connectivity index (χ4n) is 3.53. The summed E-state index contributed by atoms with van der Waals surface area (Å²) in [5.74, 6) is -1.31. The van der Waals surface area contributed by atoms with Crippen LogP contribution >= 0.6 is 15.9 Å². The standard InChI is InChI=1S/C23H17BrN2O4/c1-30-18-7-3-2-6-17(18)26-20(15-5-4-12-25-13-15)19(22(28)23(26)29)21(27)14-8-10-16(24)11-9-14/h2-13,20,27H,1H3/b21-19+. The number of aromatic nitrogens is 1. The molecule has 1 saturated heterocycles. The van der Waals surface area contributed by atoms with Crippen molar-refractivity contribution in [1.29, 1.82) is 0 Å². The Morgan fingerprint density at radius 1 is 1.07 bits per heavy atom. The quantitative estimate of drug-likeness (QED) is 0.349. The number of Topliss-reactive ketones (excluding diaryl/α,β-unsaturated/α-hetero) is 1. The molecule has 1 fully saturated rings. The van der Waals surface area contributed by atoms with Gasteiger partial charge >= 0.3 is 0 Å². The Labute approximate surface area is 181 Å². The first-order valence-electron chi connectivity index (χ1n) is 9.13. The van der Waals surface area contributed by atoms with Crippen LogP contribution in [0.4, 0.5) is 5.69 Å². The summed E-state index contributed by atoms with van der Waals surface area (Å²) in [4.78, 5) is 31.7. The maximum absolute atomic E-state index is 13.1. The van der Waals surface area contributed by atoms with Crippen LogP contribution in [-0.4, -0.2) is 28.9 Å². The molecule has 2 heterocycles. The van der Waals surface area contributed by atoms with Crippen molar-refractivity contribution in [2.24, 2.45) is 0 Å². The van der Waals surface area contributed by atoms with Gasteiger partial charge in [0.05, 0.1) is 24.4 Å². The number of hydrogen-bond acceptors (Lipinski definition) is 5. The summed E-state index contributed by atoms with van der Waals surface area (Å²) in [6, 6.07) is 16.4. The second-order valence-electron chi connectivity index (χ2n) is 6.63. The van der Waals surface area contributed by atoms with E-state index < -0.39 is 17.7 Å². The Hall–Kier alpha value is -3.45. The lowest BCUT2D eigenvalue weighted by molar-refractivity contribution is -0.132. The molecule has 7 heteroatoms. The number of hydrogen-bond donors (Lipinski definition) is 1. The zero-order chi connectivity index (χ0) is 21.3. The van der Waals surface area contributed by atoms with Gasteiger partial charge in [-0.2, -0.15) is 0 Å². The molecule has 30 heavy (non-hydrogen) atoms. The number of amides is 1. The predicted octanol–water partition coefficient (Wildman–Crippen LogP) is 4.48. The number of anilines is 1. The highest BCUT2D eigenvalue weighted by Gasteiger charge is 2.47. The third kappa shape index (κ3) is 3.37. The number of carbonyl (C=O) groups is 2. The number of para-hydroxylation sites is 2. The number of ether oxygens (including phenoxy) is 1. The molecule has 1 N–H and O–H groups in total. The summed E-state index contributed by atoms with van der Waals surface area (Å²) in [6.07, 6.45) is 3.18. The number of rotatable bonds is 4. The molecular formula is C23H17BrN2O4. The zero-order valence-electron chi connectivity index (χ0n) is 15.9. The van der Waals surface area contributed by atoms with Crippen molar-refractivity contribution in [3.8, 4) is 5.75 Å². The van der Waals surface area contributed by atoms with E-state index in [9.17, 15) is 14.7 Å². The molecule has 0 aliphatic carbocycles. The van der Waals surface area contributed by atoms with Gasteiger partial charge in [0, 0.05) is 22.4 Å². The molecule has 0 bridgehead atoms. The highest BCUT2D eigenvalue weighted by molar-refractivity contribution is 9.10. The molecule has 1 aliphatic rings. The number of benzene rings is 2. The van der Waals surface area contributed by atoms with Crippen molar-refractivity contribution < 1.29 is 19.4 Å². The molecule has 6 nitrogen and oxygen atoms in total. The van der Waals surface area contributed by atoms with Crippen molar-refractivity contribution in [3.63, 3.8) is 0 Å². The van der Waals surface area contributed by atoms with Crippen LogP contribution in [0.2, 0.25) is 0 Å². The van der Waals surface area contributed by atoms with Gasteiger partial charge in [-0.05, 0) is 35.9 Å². The van der Waals surface area contributed by atoms with E-state index in [4.69, 9.17) is 4.74 Å². The van der Waals surface area contributed by atoms with Crippen molar-refractivity contribution in [1.82, 2.24) is 4.98 Å². The highest BCUT2D eigenvalue weighted by Crippen LogP contribution is 2.44. The maximum Gasteiger partial charge on any atom is 0.300 e. The van der Waals surface area contributed by atoms with E-state index in [1.165, 1.54) is 12.0 Å². The number of halogens is 1. The summed E-state index contributed by atoms with van der Waals surface area (Å²) < 4.78 is 6.25. The lowest BCUT2D eigenvalue weighted by Crippen LogP contribution is -2.29. The number of aliphatic hydroxyl groups is 1. The minimum absolute atomic E-state index is 0.00114. The van der Waals surface area contributed by atoms with Gasteiger partial charge in [0.2, 0.25) is 0 Å². The van der Waals surface area contributed by atoms with Crippen molar-refractivity contribution >= 4 is 39.1 Å². The third-order valence-corrected chi connectivity index (χ3v) is 5.44. The summed E-state index contributed by atoms with van der Waals surface area (Å²) in [5.41, 5.74) is 1.47. The van der Waals surface area contributed by atoms with Gasteiger partial charge in [-0.3, -0.25) is 19.5 Å². The average molecular weight is 465 g/mol. The largest absolute Gasteiger partial charge is 0.507 e. The predicted molar refractivity (Wildman–Crippen MR) is 116 cm³/mol. The van der Waals surface area contributed by atoms with Gasteiger partial charge < -0.3 is 9.84 Å². The van der Waals surface area contributed by atoms with Gasteiger partial charge in [0.1, 0.15) is 11.5 Å². The average Bonchev–Trinajstić information content (AvgIpc) is 3.05. The van der Waals surface area contributed by atoms with Crippen LogP contribution in [0.1, 0.15) is 17.2 Å². The number of pyridine rings is 1. The normalized spacial score (nSPS) is 17.9. The molecule has 0 radical (unpaired) electrons. The molecule has 0 spiro atoms. The van der Waals surface area contributed by atoms with Crippen molar-refractivity contribution in [2.45, 2.75) is 6.04 Å². The Morgan fingerprint density at radius 3 is 2.47 bits per heavy atom. The fraction of sp³-hybridized carbons (Fsp3) is 0.0870. The fourth-order valence-corrected chi connectivity index (χ4v) is 3.79. The van der Waals surface area contributed by atoms with E-state index in [1.54, 1.807) is 73.1 Å². The van der Waals surface area contributed by atoms with Gasteiger partial charge in [-0.1, -0.05) is 46.3 Å². The molecule has 2 aromatic carbocycles. The smallest absolute Gasteiger partial charge is 0.300 e. The number of methoxy groups -OCH3 is 1. The minimum atomic E-state index is -0.848. The molecule has 150 valence electrons. The molecule has 1 amide bonds. The van der Waals surface area contributed by atoms with E-state index >= 15 is 0 Å². The first kappa shape index (κ1) is 19.8. The monoisotopic (exact) mass is 464 g/mol. The number of ketones is 1. The molecule has 4 rings (SSSR count). The van der Waals surface area contributed by atoms with E-state index in [0.29, 0.717) is 22.6 Å². The van der Waals surface area contributed by atoms with E-state index in [0.717, 1.165) is 4.47 Å². The zero-order valence-corrected chi connectivity index (χ0v) is 17.5. The van der Waals surface area contributed by atoms with Gasteiger partial charge in [0.15, 0.2) is 0 Å². The Balaban J connectivity index is 1.96. The van der Waals surface area contributed by atoms with Crippen molar-refractivity contribution in [3.05, 3.63) is 94.2 Å². The third-order valence-electron chi connectivity index (χ3n) is 4.91. The Bertz CT molecular complexity index is 1140. The first-order chi connectivity index (χ1) is 14.5. The number of nitrogens with zero attached hydrogens (tertiary/aromatic N) is 2. The molecule has 1 aliphatic heterocycles. The second kappa shape index (κ2) is 8.12. The van der Waals surface area contributed by atoms with Crippen LogP contribution in [0.5, 0.6) is 5.75 Å². The lowest BCUT2D eigenvalue weighted by atomic mass is 9.96. The lowest BCUT2D eigenvalue weighted by Gasteiger charge is -2.26. The number of carbonyl (C=O) groups excluding carboxylic acids is 2. The SMILES string of the molecule is COc1ccccc1N1C(=O)C(=O)/C(=C(/O)c2ccc(Br)cc2)C1c1cccnc1. The van der Waals surface area contributed by atoms with Gasteiger partial charge in [-0.25, -0.2) is 0 Å². The minimum Gasteiger partial charge on any atom is -0.507 e. The molecule has 1 unspecified atom stereocenters. The topological polar surface area (TPSA) is 79.7 Å². The van der Waals surface area contributed by atoms with E-state index in [2.05, 4.69) is 20.9 Å². The van der Waals surface area contributed by atoms with Crippen LogP contribution < -0.4 is 9.64 Å². The maximum atomic E-state index is 13.1. The first-order valence-corrected chi connectivity index (χ1v) is 9.92. The van der Waals surface area contributed by atoms with Crippen LogP contribution in [0.3, 0.4) is 0 Å². The van der Waals surface area contributed by atoms with Crippen molar-refractivity contribution in [2.75, 3.05) is 12.0 Å². The van der Waals surface area contributed by atoms with Crippen LogP contribution in [0, 0.1) is 0 Å². The summed E-state index contributed by atoms with van der Waals surface area (Å²) in [5, 5.41) is 11.0. The summed E-state index contributed by atoms with van der Waals surface area (Å²) >= 11 is 3.35. The molecule has 0 saturated carbocycles. The summed E-state index contributed by atoms with van der Waals surface area (Å²) in [6.45, 7) is 0. The van der Waals surface area contributed by atoms with Gasteiger partial charge in [0.25, 0.3) is 11.7 Å². The molecule has 1 atom stereocenters. The number of aliphatic hydroxyl groups excluding tert-OH is 1. The van der Waals surface area contributed by atoms with Crippen LogP contribution in [-0.2, 0) is 9.59 Å². The van der Waals surface area contributed by atoms with E-state index in [1.807, 2.05) is 0 Å². The van der Waals surface area contributed by atoms with Crippen LogP contribution in [0.15, 0.2) is 83.1 Å². The summed E-state index contributed by atoms with van der Waals surface area (Å²) in [7, 11) is 1.50.